The first-order chi connectivity index (χ1) is 19.9. The van der Waals surface area contributed by atoms with Crippen LogP contribution in [0, 0.1) is 5.92 Å². The summed E-state index contributed by atoms with van der Waals surface area (Å²) in [6, 6.07) is 5.50. The molecule has 0 fully saturated rings. The Morgan fingerprint density at radius 2 is 1.51 bits per heavy atom. The molecule has 0 spiro atoms. The number of aliphatic carboxylic acids is 1. The predicted molar refractivity (Wildman–Crippen MR) is 168 cm³/mol. The molecule has 1 rings (SSSR count). The van der Waals surface area contributed by atoms with Crippen molar-refractivity contribution in [2.75, 3.05) is 25.0 Å². The summed E-state index contributed by atoms with van der Waals surface area (Å²) in [5.41, 5.74) is 5.78. The number of nitrogens with one attached hydrogen (secondary N) is 5. The minimum absolute atomic E-state index is 0.0835. The maximum absolute atomic E-state index is 12.5. The molecule has 14 nitrogen and oxygen atoms in total. The molecule has 0 saturated carbocycles. The van der Waals surface area contributed by atoms with E-state index in [-0.39, 0.29) is 43.5 Å². The minimum atomic E-state index is -0.754. The number of urea groups is 1. The largest absolute Gasteiger partial charge is 0.481 e. The molecular formula is C28H48N6O8S. The van der Waals surface area contributed by atoms with Crippen LogP contribution in [0.25, 0.3) is 0 Å². The quantitative estimate of drug-likeness (QED) is 0.119. The third-order valence-electron chi connectivity index (χ3n) is 4.92. The van der Waals surface area contributed by atoms with E-state index in [1.165, 1.54) is 0 Å². The van der Waals surface area contributed by atoms with Gasteiger partial charge in [-0.25, -0.2) is 9.59 Å². The number of amides is 5. The fraction of sp³-hybridized carbons (Fsp3) is 0.571. The molecule has 43 heavy (non-hydrogen) atoms. The van der Waals surface area contributed by atoms with Crippen molar-refractivity contribution in [1.82, 2.24) is 21.3 Å². The Bertz CT molecular complexity index is 1030. The van der Waals surface area contributed by atoms with Gasteiger partial charge in [-0.3, -0.25) is 19.2 Å². The van der Waals surface area contributed by atoms with Gasteiger partial charge >= 0.3 is 17.3 Å². The zero-order valence-corrected chi connectivity index (χ0v) is 26.9. The third kappa shape index (κ3) is 25.6. The van der Waals surface area contributed by atoms with Crippen LogP contribution in [0.5, 0.6) is 0 Å². The van der Waals surface area contributed by atoms with E-state index in [2.05, 4.69) is 39.2 Å². The lowest BCUT2D eigenvalue weighted by atomic mass is 10.0. The predicted octanol–water partition coefficient (Wildman–Crippen LogP) is 2.38. The van der Waals surface area contributed by atoms with Crippen molar-refractivity contribution in [2.24, 2.45) is 11.7 Å². The summed E-state index contributed by atoms with van der Waals surface area (Å²) >= 11 is 3.52. The van der Waals surface area contributed by atoms with Gasteiger partial charge in [-0.1, -0.05) is 52.5 Å². The highest BCUT2D eigenvalue weighted by Crippen LogP contribution is 2.11. The second-order valence-electron chi connectivity index (χ2n) is 10.4. The summed E-state index contributed by atoms with van der Waals surface area (Å²) in [6.45, 7) is 13.6. The Balaban J connectivity index is 0. The standard InChI is InChI=1S/C21H32N4O5S.C4H10N2O.C3H6O2/c1-13(2)18(25-17(27)11-23-21(3,4)5)19(28)22-10-16(26)24-15-8-6-14(7-9-15)12-30-20(29)31;1-2-3-6-4(5)7;1-2-3(4)5/h6-9,13,18,23H,10-12H2,1-5H3,(H,22,28)(H,24,26)(H,25,27)(H,29,31);2-3H2,1H3,(H3,5,6,7);2H2,1H3,(H,4,5). The van der Waals surface area contributed by atoms with Crippen LogP contribution in [0.3, 0.4) is 0 Å². The van der Waals surface area contributed by atoms with E-state index in [1.807, 2.05) is 41.5 Å². The van der Waals surface area contributed by atoms with E-state index in [9.17, 15) is 28.8 Å². The van der Waals surface area contributed by atoms with Gasteiger partial charge in [-0.15, -0.1) is 0 Å². The van der Waals surface area contributed by atoms with E-state index < -0.39 is 35.2 Å². The van der Waals surface area contributed by atoms with Crippen LogP contribution in [-0.4, -0.2) is 71.3 Å². The van der Waals surface area contributed by atoms with E-state index in [0.717, 1.165) is 12.0 Å². The zero-order valence-electron chi connectivity index (χ0n) is 26.0. The van der Waals surface area contributed by atoms with Gasteiger partial charge in [0.15, 0.2) is 0 Å². The molecule has 1 atom stereocenters. The van der Waals surface area contributed by atoms with E-state index in [1.54, 1.807) is 31.2 Å². The van der Waals surface area contributed by atoms with Crippen molar-refractivity contribution >= 4 is 53.3 Å². The Morgan fingerprint density at radius 3 is 1.91 bits per heavy atom. The second kappa shape index (κ2) is 22.7. The second-order valence-corrected chi connectivity index (χ2v) is 10.8. The number of carboxylic acid groups (broad SMARTS) is 1. The van der Waals surface area contributed by atoms with Crippen molar-refractivity contribution < 1.29 is 38.6 Å². The van der Waals surface area contributed by atoms with Crippen LogP contribution in [0.15, 0.2) is 24.3 Å². The number of ether oxygens (including phenoxy) is 1. The first-order valence-corrected chi connectivity index (χ1v) is 14.2. The third-order valence-corrected chi connectivity index (χ3v) is 5.05. The molecule has 0 aliphatic rings. The number of carboxylic acids is 1. The summed E-state index contributed by atoms with van der Waals surface area (Å²) in [5.74, 6) is -2.04. The lowest BCUT2D eigenvalue weighted by molar-refractivity contribution is -0.136. The van der Waals surface area contributed by atoms with Gasteiger partial charge < -0.3 is 42.2 Å². The number of nitrogens with two attached hydrogens (primary N) is 1. The van der Waals surface area contributed by atoms with E-state index in [4.69, 9.17) is 15.6 Å². The molecule has 0 bridgehead atoms. The van der Waals surface area contributed by atoms with Crippen LogP contribution in [0.2, 0.25) is 0 Å². The molecule has 8 N–H and O–H groups in total. The van der Waals surface area contributed by atoms with Crippen LogP contribution in [0.1, 0.15) is 66.9 Å². The van der Waals surface area contributed by atoms with Crippen LogP contribution < -0.4 is 32.3 Å². The average molecular weight is 629 g/mol. The normalized spacial score (nSPS) is 10.9. The number of hydrogen-bond acceptors (Lipinski definition) is 8. The number of thiol groups is 1. The number of rotatable bonds is 13. The minimum Gasteiger partial charge on any atom is -0.481 e. The molecular weight excluding hydrogens is 580 g/mol. The molecule has 0 radical (unpaired) electrons. The van der Waals surface area contributed by atoms with Gasteiger partial charge in [0.1, 0.15) is 12.6 Å². The van der Waals surface area contributed by atoms with Crippen LogP contribution >= 0.6 is 12.6 Å². The SMILES string of the molecule is CC(C)C(NC(=O)CNC(C)(C)C)C(=O)NCC(=O)Nc1ccc(COC(=O)S)cc1.CCC(=O)O.CCCNC(N)=O. The maximum atomic E-state index is 12.5. The van der Waals surface area contributed by atoms with Crippen molar-refractivity contribution in [3.8, 4) is 0 Å². The van der Waals surface area contributed by atoms with Crippen LogP contribution in [0.4, 0.5) is 15.3 Å². The highest BCUT2D eigenvalue weighted by molar-refractivity contribution is 7.96. The summed E-state index contributed by atoms with van der Waals surface area (Å²) in [7, 11) is 0. The molecule has 1 unspecified atom stereocenters. The molecule has 1 aromatic rings. The Morgan fingerprint density at radius 1 is 0.953 bits per heavy atom. The van der Waals surface area contributed by atoms with Gasteiger partial charge in [0, 0.05) is 24.2 Å². The van der Waals surface area contributed by atoms with Gasteiger partial charge in [0.25, 0.3) is 0 Å². The first kappa shape index (κ1) is 41.3. The maximum Gasteiger partial charge on any atom is 0.364 e. The van der Waals surface area contributed by atoms with Gasteiger partial charge in [-0.2, -0.15) is 0 Å². The highest BCUT2D eigenvalue weighted by Gasteiger charge is 2.25. The van der Waals surface area contributed by atoms with Crippen molar-refractivity contribution in [3.05, 3.63) is 29.8 Å². The highest BCUT2D eigenvalue weighted by atomic mass is 32.1. The number of carbonyl (C=O) groups excluding carboxylic acids is 5. The molecule has 0 saturated heterocycles. The zero-order chi connectivity index (χ0) is 33.6. The van der Waals surface area contributed by atoms with Crippen molar-refractivity contribution in [2.45, 2.75) is 79.5 Å². The smallest absolute Gasteiger partial charge is 0.364 e. The number of benzene rings is 1. The number of anilines is 1. The fourth-order valence-electron chi connectivity index (χ4n) is 2.66. The van der Waals surface area contributed by atoms with Crippen molar-refractivity contribution in [1.29, 1.82) is 0 Å². The van der Waals surface area contributed by atoms with Gasteiger partial charge in [0.2, 0.25) is 17.7 Å². The Hall–Kier alpha value is -3.85. The Labute approximate surface area is 259 Å². The number of hydrogen-bond donors (Lipinski definition) is 8. The molecule has 1 aromatic carbocycles. The lowest BCUT2D eigenvalue weighted by Gasteiger charge is -2.24. The monoisotopic (exact) mass is 628 g/mol. The van der Waals surface area contributed by atoms with Gasteiger partial charge in [-0.05, 0) is 50.8 Å². The summed E-state index contributed by atoms with van der Waals surface area (Å²) in [6.07, 6.45) is 1.16. The molecule has 0 aliphatic heterocycles. The summed E-state index contributed by atoms with van der Waals surface area (Å²) < 4.78 is 4.77. The molecule has 244 valence electrons. The molecule has 15 heteroatoms. The molecule has 0 aromatic heterocycles. The number of primary amides is 1. The average Bonchev–Trinajstić information content (AvgIpc) is 2.92. The lowest BCUT2D eigenvalue weighted by Crippen LogP contribution is -2.53. The fourth-order valence-corrected chi connectivity index (χ4v) is 2.73. The number of carbonyl (C=O) groups is 6. The molecule has 0 aliphatic carbocycles. The molecule has 0 heterocycles. The van der Waals surface area contributed by atoms with E-state index >= 15 is 0 Å². The van der Waals surface area contributed by atoms with E-state index in [0.29, 0.717) is 12.2 Å². The summed E-state index contributed by atoms with van der Waals surface area (Å²) in [4.78, 5) is 66.7. The first-order valence-electron chi connectivity index (χ1n) is 13.7. The van der Waals surface area contributed by atoms with Crippen molar-refractivity contribution in [3.63, 3.8) is 0 Å². The van der Waals surface area contributed by atoms with Crippen LogP contribution in [-0.2, 0) is 30.5 Å². The molecule has 5 amide bonds. The summed E-state index contributed by atoms with van der Waals surface area (Å²) in [5, 5.41) is 20.5. The Kier molecular flexibility index (Phi) is 21.8. The van der Waals surface area contributed by atoms with Gasteiger partial charge in [0.05, 0.1) is 13.1 Å². The topological polar surface area (TPSA) is 218 Å².